The van der Waals surface area contributed by atoms with E-state index in [0.29, 0.717) is 10.5 Å². The summed E-state index contributed by atoms with van der Waals surface area (Å²) in [6, 6.07) is 2.91. The van der Waals surface area contributed by atoms with Crippen molar-refractivity contribution in [2.75, 3.05) is 0 Å². The van der Waals surface area contributed by atoms with Gasteiger partial charge in [0.15, 0.2) is 0 Å². The molecule has 0 bridgehead atoms. The highest BCUT2D eigenvalue weighted by atomic mass is 16.4. The van der Waals surface area contributed by atoms with Crippen molar-refractivity contribution in [1.29, 1.82) is 0 Å². The largest absolute Gasteiger partial charge is 0.481 e. The van der Waals surface area contributed by atoms with Gasteiger partial charge in [-0.25, -0.2) is 4.79 Å². The average Bonchev–Trinajstić information content (AvgIpc) is 2.60. The highest BCUT2D eigenvalue weighted by Crippen LogP contribution is 2.28. The third-order valence-electron chi connectivity index (χ3n) is 3.12. The second-order valence-electron chi connectivity index (χ2n) is 4.43. The van der Waals surface area contributed by atoms with Crippen LogP contribution in [0.1, 0.15) is 32.7 Å². The number of carbonyl (C=O) groups excluding carboxylic acids is 2. The number of hydrogen-bond donors (Lipinski definition) is 2. The predicted octanol–water partition coefficient (Wildman–Crippen LogP) is 0.519. The summed E-state index contributed by atoms with van der Waals surface area (Å²) in [5.74, 6) is -4.47. The van der Waals surface area contributed by atoms with Crippen molar-refractivity contribution < 1.29 is 29.4 Å². The lowest BCUT2D eigenvalue weighted by Crippen LogP contribution is -2.46. The lowest BCUT2D eigenvalue weighted by Gasteiger charge is -2.20. The van der Waals surface area contributed by atoms with Gasteiger partial charge in [-0.15, -0.1) is 0 Å². The van der Waals surface area contributed by atoms with Gasteiger partial charge in [0, 0.05) is 0 Å². The van der Waals surface area contributed by atoms with Gasteiger partial charge in [-0.2, -0.15) is 0 Å². The van der Waals surface area contributed by atoms with Crippen LogP contribution in [0.2, 0.25) is 0 Å². The Kier molecular flexibility index (Phi) is 3.27. The molecule has 0 saturated heterocycles. The van der Waals surface area contributed by atoms with Crippen LogP contribution in [-0.2, 0) is 9.59 Å². The molecule has 1 unspecified atom stereocenters. The SMILES string of the molecule is Cc1cccc2c1C(=O)N(C(CC(=O)O)C(=O)O)C2=O. The zero-order chi connectivity index (χ0) is 15.0. The molecule has 7 heteroatoms. The quantitative estimate of drug-likeness (QED) is 0.776. The summed E-state index contributed by atoms with van der Waals surface area (Å²) in [5, 5.41) is 17.8. The van der Waals surface area contributed by atoms with Crippen LogP contribution in [0.5, 0.6) is 0 Å². The van der Waals surface area contributed by atoms with Crippen molar-refractivity contribution in [2.45, 2.75) is 19.4 Å². The molecule has 104 valence electrons. The van der Waals surface area contributed by atoms with Crippen LogP contribution in [0.4, 0.5) is 0 Å². The molecule has 0 saturated carbocycles. The summed E-state index contributed by atoms with van der Waals surface area (Å²) < 4.78 is 0. The van der Waals surface area contributed by atoms with Crippen molar-refractivity contribution in [3.05, 3.63) is 34.9 Å². The number of carbonyl (C=O) groups is 4. The smallest absolute Gasteiger partial charge is 0.327 e. The average molecular weight is 277 g/mol. The molecule has 1 heterocycles. The van der Waals surface area contributed by atoms with Crippen molar-refractivity contribution in [3.63, 3.8) is 0 Å². The summed E-state index contributed by atoms with van der Waals surface area (Å²) >= 11 is 0. The molecule has 0 aromatic heterocycles. The van der Waals surface area contributed by atoms with Gasteiger partial charge in [-0.3, -0.25) is 19.3 Å². The number of carboxylic acids is 2. The number of imide groups is 1. The van der Waals surface area contributed by atoms with Crippen LogP contribution < -0.4 is 0 Å². The van der Waals surface area contributed by atoms with Gasteiger partial charge in [-0.1, -0.05) is 12.1 Å². The molecule has 1 aliphatic rings. The predicted molar refractivity (Wildman–Crippen MR) is 65.4 cm³/mol. The number of benzene rings is 1. The van der Waals surface area contributed by atoms with Crippen LogP contribution in [0, 0.1) is 6.92 Å². The van der Waals surface area contributed by atoms with Crippen molar-refractivity contribution in [3.8, 4) is 0 Å². The Bertz CT molecular complexity index is 636. The number of carboxylic acid groups (broad SMARTS) is 2. The maximum Gasteiger partial charge on any atom is 0.327 e. The monoisotopic (exact) mass is 277 g/mol. The lowest BCUT2D eigenvalue weighted by atomic mass is 10.0. The fraction of sp³-hybridized carbons (Fsp3) is 0.231. The minimum atomic E-state index is -1.71. The van der Waals surface area contributed by atoms with E-state index in [9.17, 15) is 19.2 Å². The van der Waals surface area contributed by atoms with E-state index in [-0.39, 0.29) is 11.1 Å². The van der Waals surface area contributed by atoms with Gasteiger partial charge >= 0.3 is 11.9 Å². The molecular weight excluding hydrogens is 266 g/mol. The third-order valence-corrected chi connectivity index (χ3v) is 3.12. The first-order valence-corrected chi connectivity index (χ1v) is 5.76. The summed E-state index contributed by atoms with van der Waals surface area (Å²) in [6.07, 6.45) is -0.833. The zero-order valence-corrected chi connectivity index (χ0v) is 10.5. The van der Waals surface area contributed by atoms with Crippen LogP contribution >= 0.6 is 0 Å². The summed E-state index contributed by atoms with van der Waals surface area (Å²) in [4.78, 5) is 46.7. The molecule has 1 aromatic rings. The fourth-order valence-electron chi connectivity index (χ4n) is 2.21. The van der Waals surface area contributed by atoms with Gasteiger partial charge in [0.1, 0.15) is 6.04 Å². The minimum Gasteiger partial charge on any atom is -0.481 e. The van der Waals surface area contributed by atoms with Gasteiger partial charge in [-0.05, 0) is 18.6 Å². The molecule has 20 heavy (non-hydrogen) atoms. The number of nitrogens with zero attached hydrogens (tertiary/aromatic N) is 1. The molecule has 7 nitrogen and oxygen atoms in total. The Balaban J connectivity index is 2.48. The number of hydrogen-bond acceptors (Lipinski definition) is 4. The molecule has 0 radical (unpaired) electrons. The summed E-state index contributed by atoms with van der Waals surface area (Å²) in [6.45, 7) is 1.63. The fourth-order valence-corrected chi connectivity index (χ4v) is 2.21. The Labute approximate surface area is 113 Å². The van der Waals surface area contributed by atoms with Crippen LogP contribution in [0.3, 0.4) is 0 Å². The van der Waals surface area contributed by atoms with Crippen LogP contribution in [0.25, 0.3) is 0 Å². The first kappa shape index (κ1) is 13.7. The lowest BCUT2D eigenvalue weighted by molar-refractivity contribution is -0.147. The molecule has 1 aliphatic heterocycles. The molecule has 0 spiro atoms. The normalized spacial score (nSPS) is 15.2. The second-order valence-corrected chi connectivity index (χ2v) is 4.43. The number of rotatable bonds is 4. The van der Waals surface area contributed by atoms with E-state index in [4.69, 9.17) is 10.2 Å². The van der Waals surface area contributed by atoms with E-state index >= 15 is 0 Å². The first-order chi connectivity index (χ1) is 9.34. The minimum absolute atomic E-state index is 0.103. The Hall–Kier alpha value is -2.70. The van der Waals surface area contributed by atoms with Gasteiger partial charge in [0.2, 0.25) is 0 Å². The maximum atomic E-state index is 12.2. The van der Waals surface area contributed by atoms with Crippen LogP contribution in [0.15, 0.2) is 18.2 Å². The molecule has 1 aromatic carbocycles. The van der Waals surface area contributed by atoms with E-state index in [2.05, 4.69) is 0 Å². The Morgan fingerprint density at radius 2 is 1.85 bits per heavy atom. The molecule has 0 aliphatic carbocycles. The van der Waals surface area contributed by atoms with E-state index < -0.39 is 36.2 Å². The maximum absolute atomic E-state index is 12.2. The molecule has 0 fully saturated rings. The third kappa shape index (κ3) is 2.03. The zero-order valence-electron chi connectivity index (χ0n) is 10.5. The van der Waals surface area contributed by atoms with Crippen molar-refractivity contribution >= 4 is 23.8 Å². The first-order valence-electron chi connectivity index (χ1n) is 5.76. The standard InChI is InChI=1S/C13H11NO6/c1-6-3-2-4-7-10(6)12(18)14(11(7)17)8(13(19)20)5-9(15)16/h2-4,8H,5H2,1H3,(H,15,16)(H,19,20). The number of fused-ring (bicyclic) bond motifs is 1. The molecule has 2 N–H and O–H groups in total. The highest BCUT2D eigenvalue weighted by molar-refractivity contribution is 6.23. The molecular formula is C13H11NO6. The number of aliphatic carboxylic acids is 2. The highest BCUT2D eigenvalue weighted by Gasteiger charge is 2.44. The van der Waals surface area contributed by atoms with Gasteiger partial charge in [0.05, 0.1) is 17.5 Å². The molecule has 2 amide bonds. The second kappa shape index (κ2) is 4.76. The van der Waals surface area contributed by atoms with E-state index in [0.717, 1.165) is 0 Å². The van der Waals surface area contributed by atoms with Crippen LogP contribution in [-0.4, -0.2) is 44.9 Å². The Morgan fingerprint density at radius 3 is 2.35 bits per heavy atom. The molecule has 2 rings (SSSR count). The topological polar surface area (TPSA) is 112 Å². The van der Waals surface area contributed by atoms with E-state index in [1.165, 1.54) is 6.07 Å². The summed E-state index contributed by atoms with van der Waals surface area (Å²) in [5.41, 5.74) is 0.781. The summed E-state index contributed by atoms with van der Waals surface area (Å²) in [7, 11) is 0. The van der Waals surface area contributed by atoms with Crippen molar-refractivity contribution in [2.24, 2.45) is 0 Å². The van der Waals surface area contributed by atoms with E-state index in [1.54, 1.807) is 19.1 Å². The van der Waals surface area contributed by atoms with E-state index in [1.807, 2.05) is 0 Å². The Morgan fingerprint density at radius 1 is 1.20 bits per heavy atom. The van der Waals surface area contributed by atoms with Gasteiger partial charge < -0.3 is 10.2 Å². The van der Waals surface area contributed by atoms with Crippen molar-refractivity contribution in [1.82, 2.24) is 4.90 Å². The number of aryl methyl sites for hydroxylation is 1. The van der Waals surface area contributed by atoms with Gasteiger partial charge in [0.25, 0.3) is 11.8 Å². The number of amides is 2. The molecule has 1 atom stereocenters.